The summed E-state index contributed by atoms with van der Waals surface area (Å²) in [6, 6.07) is 5.75. The van der Waals surface area contributed by atoms with E-state index in [-0.39, 0.29) is 41.2 Å². The zero-order chi connectivity index (χ0) is 20.6. The number of benzene rings is 1. The van der Waals surface area contributed by atoms with Gasteiger partial charge in [0.1, 0.15) is 10.7 Å². The third-order valence-electron chi connectivity index (χ3n) is 4.82. The molecule has 0 saturated carbocycles. The Balaban J connectivity index is 0.00000420. The van der Waals surface area contributed by atoms with Gasteiger partial charge in [0.2, 0.25) is 0 Å². The number of halogens is 2. The van der Waals surface area contributed by atoms with Gasteiger partial charge in [0.05, 0.1) is 19.0 Å². The lowest BCUT2D eigenvalue weighted by atomic mass is 10.0. The van der Waals surface area contributed by atoms with Crippen LogP contribution in [0, 0.1) is 11.7 Å². The average molecular weight is 542 g/mol. The number of hydrogen-bond donors (Lipinski definition) is 2. The molecule has 0 amide bonds. The Labute approximate surface area is 190 Å². The molecule has 1 aliphatic heterocycles. The van der Waals surface area contributed by atoms with Crippen LogP contribution in [-0.4, -0.2) is 77.5 Å². The number of morpholine rings is 1. The molecule has 1 heterocycles. The van der Waals surface area contributed by atoms with Gasteiger partial charge in [0.25, 0.3) is 0 Å². The third-order valence-corrected chi connectivity index (χ3v) is 6.56. The molecule has 1 saturated heterocycles. The van der Waals surface area contributed by atoms with Crippen LogP contribution in [0.25, 0.3) is 0 Å². The molecule has 29 heavy (non-hydrogen) atoms. The minimum absolute atomic E-state index is 0. The van der Waals surface area contributed by atoms with E-state index in [1.807, 2.05) is 0 Å². The van der Waals surface area contributed by atoms with Crippen LogP contribution in [0.4, 0.5) is 4.39 Å². The molecule has 166 valence electrons. The molecule has 1 aliphatic rings. The quantitative estimate of drug-likeness (QED) is 0.296. The molecule has 1 aromatic carbocycles. The second-order valence-electron chi connectivity index (χ2n) is 7.09. The van der Waals surface area contributed by atoms with Crippen molar-refractivity contribution in [1.82, 2.24) is 15.5 Å². The normalized spacial score (nSPS) is 16.9. The SMILES string of the molecule is CN=C(NCCS(=O)(=O)c1ccccc1F)NCC(C(C)C)N1CCOCC1.I. The van der Waals surface area contributed by atoms with Crippen LogP contribution < -0.4 is 10.6 Å². The van der Waals surface area contributed by atoms with Crippen molar-refractivity contribution in [3.05, 3.63) is 30.1 Å². The van der Waals surface area contributed by atoms with Gasteiger partial charge in [0.15, 0.2) is 15.8 Å². The van der Waals surface area contributed by atoms with Crippen molar-refractivity contribution in [2.45, 2.75) is 24.8 Å². The van der Waals surface area contributed by atoms with Crippen molar-refractivity contribution in [3.8, 4) is 0 Å². The van der Waals surface area contributed by atoms with E-state index in [1.54, 1.807) is 7.05 Å². The molecule has 7 nitrogen and oxygen atoms in total. The van der Waals surface area contributed by atoms with Gasteiger partial charge in [-0.1, -0.05) is 26.0 Å². The number of hydrogen-bond acceptors (Lipinski definition) is 5. The highest BCUT2D eigenvalue weighted by Gasteiger charge is 2.24. The maximum atomic E-state index is 13.8. The molecule has 0 aliphatic carbocycles. The lowest BCUT2D eigenvalue weighted by Gasteiger charge is -2.37. The summed E-state index contributed by atoms with van der Waals surface area (Å²) in [6.45, 7) is 8.47. The summed E-state index contributed by atoms with van der Waals surface area (Å²) in [5.74, 6) is 0.0363. The fourth-order valence-electron chi connectivity index (χ4n) is 3.23. The number of nitrogens with one attached hydrogen (secondary N) is 2. The minimum Gasteiger partial charge on any atom is -0.379 e. The number of sulfone groups is 1. The summed E-state index contributed by atoms with van der Waals surface area (Å²) in [7, 11) is -2.06. The molecule has 1 fully saturated rings. The van der Waals surface area contributed by atoms with E-state index in [9.17, 15) is 12.8 Å². The average Bonchev–Trinajstić information content (AvgIpc) is 2.67. The number of ether oxygens (including phenoxy) is 1. The number of nitrogens with zero attached hydrogens (tertiary/aromatic N) is 2. The summed E-state index contributed by atoms with van der Waals surface area (Å²) >= 11 is 0. The molecule has 1 aromatic rings. The van der Waals surface area contributed by atoms with Gasteiger partial charge in [-0.25, -0.2) is 12.8 Å². The van der Waals surface area contributed by atoms with E-state index < -0.39 is 15.7 Å². The lowest BCUT2D eigenvalue weighted by Crippen LogP contribution is -2.52. The second-order valence-corrected chi connectivity index (χ2v) is 9.17. The Morgan fingerprint density at radius 3 is 2.48 bits per heavy atom. The first kappa shape index (κ1) is 26.1. The predicted octanol–water partition coefficient (Wildman–Crippen LogP) is 1.74. The molecular formula is C19H32FIN4O3S. The zero-order valence-electron chi connectivity index (χ0n) is 17.2. The molecule has 0 aromatic heterocycles. The first-order valence-corrected chi connectivity index (χ1v) is 11.2. The summed E-state index contributed by atoms with van der Waals surface area (Å²) in [6.07, 6.45) is 0. The largest absolute Gasteiger partial charge is 0.379 e. The maximum Gasteiger partial charge on any atom is 0.191 e. The van der Waals surface area contributed by atoms with Crippen molar-refractivity contribution in [3.63, 3.8) is 0 Å². The van der Waals surface area contributed by atoms with Crippen LogP contribution in [0.2, 0.25) is 0 Å². The van der Waals surface area contributed by atoms with Gasteiger partial charge in [-0.3, -0.25) is 9.89 Å². The highest BCUT2D eigenvalue weighted by atomic mass is 127. The summed E-state index contributed by atoms with van der Waals surface area (Å²) in [5.41, 5.74) is 0. The molecule has 10 heteroatoms. The minimum atomic E-state index is -3.70. The maximum absolute atomic E-state index is 13.8. The van der Waals surface area contributed by atoms with Crippen molar-refractivity contribution < 1.29 is 17.5 Å². The Hall–Kier alpha value is -0.980. The van der Waals surface area contributed by atoms with Crippen LogP contribution in [0.1, 0.15) is 13.8 Å². The molecule has 2 N–H and O–H groups in total. The van der Waals surface area contributed by atoms with E-state index in [0.29, 0.717) is 24.5 Å². The van der Waals surface area contributed by atoms with Gasteiger partial charge in [-0.15, -0.1) is 24.0 Å². The van der Waals surface area contributed by atoms with Crippen LogP contribution in [-0.2, 0) is 14.6 Å². The summed E-state index contributed by atoms with van der Waals surface area (Å²) in [5, 5.41) is 6.28. The summed E-state index contributed by atoms with van der Waals surface area (Å²) < 4.78 is 43.8. The van der Waals surface area contributed by atoms with Crippen LogP contribution in [0.3, 0.4) is 0 Å². The van der Waals surface area contributed by atoms with Crippen molar-refractivity contribution in [1.29, 1.82) is 0 Å². The van der Waals surface area contributed by atoms with E-state index >= 15 is 0 Å². The Kier molecular flexibility index (Phi) is 11.4. The van der Waals surface area contributed by atoms with Crippen molar-refractivity contribution >= 4 is 39.8 Å². The van der Waals surface area contributed by atoms with E-state index in [2.05, 4.69) is 34.4 Å². The predicted molar refractivity (Wildman–Crippen MR) is 124 cm³/mol. The van der Waals surface area contributed by atoms with Crippen LogP contribution >= 0.6 is 24.0 Å². The molecular weight excluding hydrogens is 510 g/mol. The number of aliphatic imine (C=N–C) groups is 1. The van der Waals surface area contributed by atoms with Gasteiger partial charge in [-0.05, 0) is 18.1 Å². The zero-order valence-corrected chi connectivity index (χ0v) is 20.4. The van der Waals surface area contributed by atoms with Crippen LogP contribution in [0.5, 0.6) is 0 Å². The number of rotatable bonds is 8. The van der Waals surface area contributed by atoms with Crippen molar-refractivity contribution in [2.75, 3.05) is 52.2 Å². The molecule has 1 unspecified atom stereocenters. The van der Waals surface area contributed by atoms with E-state index in [1.165, 1.54) is 18.2 Å². The molecule has 0 bridgehead atoms. The molecule has 1 atom stereocenters. The standard InChI is InChI=1S/C19H31FN4O3S.HI/c1-15(2)17(24-9-11-27-12-10-24)14-23-19(21-3)22-8-13-28(25,26)18-7-5-4-6-16(18)20;/h4-7,15,17H,8-14H2,1-3H3,(H2,21,22,23);1H. The van der Waals surface area contributed by atoms with Crippen LogP contribution in [0.15, 0.2) is 34.2 Å². The van der Waals surface area contributed by atoms with E-state index in [4.69, 9.17) is 4.74 Å². The van der Waals surface area contributed by atoms with Gasteiger partial charge in [-0.2, -0.15) is 0 Å². The fraction of sp³-hybridized carbons (Fsp3) is 0.632. The third kappa shape index (κ3) is 7.99. The topological polar surface area (TPSA) is 83.0 Å². The Morgan fingerprint density at radius 1 is 1.24 bits per heavy atom. The monoisotopic (exact) mass is 542 g/mol. The molecule has 0 spiro atoms. The smallest absolute Gasteiger partial charge is 0.191 e. The first-order valence-electron chi connectivity index (χ1n) is 9.58. The number of guanidine groups is 1. The first-order chi connectivity index (χ1) is 13.3. The van der Waals surface area contributed by atoms with Gasteiger partial charge >= 0.3 is 0 Å². The van der Waals surface area contributed by atoms with Gasteiger partial charge < -0.3 is 15.4 Å². The fourth-order valence-corrected chi connectivity index (χ4v) is 4.47. The highest BCUT2D eigenvalue weighted by Crippen LogP contribution is 2.15. The highest BCUT2D eigenvalue weighted by molar-refractivity contribution is 14.0. The van der Waals surface area contributed by atoms with Crippen molar-refractivity contribution in [2.24, 2.45) is 10.9 Å². The molecule has 2 rings (SSSR count). The van der Waals surface area contributed by atoms with Gasteiger partial charge in [0, 0.05) is 39.3 Å². The lowest BCUT2D eigenvalue weighted by molar-refractivity contribution is 0.00752. The Bertz CT molecular complexity index is 756. The second kappa shape index (κ2) is 12.7. The summed E-state index contributed by atoms with van der Waals surface area (Å²) in [4.78, 5) is 6.29. The Morgan fingerprint density at radius 2 is 1.90 bits per heavy atom. The molecule has 0 radical (unpaired) electrons. The van der Waals surface area contributed by atoms with E-state index in [0.717, 1.165) is 32.4 Å².